The topological polar surface area (TPSA) is 53.1 Å². The van der Waals surface area contributed by atoms with Crippen LogP contribution in [-0.2, 0) is 12.8 Å². The number of alkyl halides is 3. The fourth-order valence-electron chi connectivity index (χ4n) is 1.83. The van der Waals surface area contributed by atoms with E-state index in [-0.39, 0.29) is 12.6 Å². The van der Waals surface area contributed by atoms with Crippen LogP contribution in [0.5, 0.6) is 5.75 Å². The number of aromatic nitrogens is 2. The largest absolute Gasteiger partial charge is 0.489 e. The second-order valence-corrected chi connectivity index (χ2v) is 4.90. The standard InChI is InChI=1S/C14H16F3N3O/c1-9(2)20-13(18)10(7-19-20)8-21-12-5-3-11(4-6-12)14(15,16)17/h3-7,9H,8,18H2,1-2H3. The zero-order valence-electron chi connectivity index (χ0n) is 11.7. The molecule has 1 aromatic heterocycles. The molecule has 2 rings (SSSR count). The van der Waals surface area contributed by atoms with Gasteiger partial charge in [-0.2, -0.15) is 18.3 Å². The van der Waals surface area contributed by atoms with Gasteiger partial charge in [-0.25, -0.2) is 4.68 Å². The minimum Gasteiger partial charge on any atom is -0.489 e. The van der Waals surface area contributed by atoms with Crippen LogP contribution < -0.4 is 10.5 Å². The summed E-state index contributed by atoms with van der Waals surface area (Å²) in [5.41, 5.74) is 5.91. The highest BCUT2D eigenvalue weighted by Crippen LogP contribution is 2.30. The highest BCUT2D eigenvalue weighted by atomic mass is 19.4. The maximum absolute atomic E-state index is 12.4. The molecule has 21 heavy (non-hydrogen) atoms. The normalized spacial score (nSPS) is 11.9. The van der Waals surface area contributed by atoms with Crippen molar-refractivity contribution >= 4 is 5.82 Å². The van der Waals surface area contributed by atoms with E-state index < -0.39 is 11.7 Å². The molecule has 0 amide bonds. The van der Waals surface area contributed by atoms with Gasteiger partial charge in [-0.15, -0.1) is 0 Å². The fraction of sp³-hybridized carbons (Fsp3) is 0.357. The second-order valence-electron chi connectivity index (χ2n) is 4.90. The highest BCUT2D eigenvalue weighted by molar-refractivity contribution is 5.39. The van der Waals surface area contributed by atoms with Gasteiger partial charge in [0.05, 0.1) is 17.3 Å². The lowest BCUT2D eigenvalue weighted by atomic mass is 10.2. The molecule has 2 aromatic rings. The molecular formula is C14H16F3N3O. The lowest BCUT2D eigenvalue weighted by Gasteiger charge is -2.10. The molecule has 0 radical (unpaired) electrons. The summed E-state index contributed by atoms with van der Waals surface area (Å²) in [7, 11) is 0. The summed E-state index contributed by atoms with van der Waals surface area (Å²) < 4.78 is 44.4. The molecule has 0 aliphatic heterocycles. The highest BCUT2D eigenvalue weighted by Gasteiger charge is 2.30. The van der Waals surface area contributed by atoms with Crippen molar-refractivity contribution in [2.24, 2.45) is 0 Å². The van der Waals surface area contributed by atoms with E-state index in [1.165, 1.54) is 12.1 Å². The zero-order valence-corrected chi connectivity index (χ0v) is 11.7. The van der Waals surface area contributed by atoms with Crippen molar-refractivity contribution in [2.45, 2.75) is 32.7 Å². The third kappa shape index (κ3) is 3.48. The van der Waals surface area contributed by atoms with Crippen LogP contribution >= 0.6 is 0 Å². The number of nitrogen functional groups attached to an aromatic ring is 1. The maximum atomic E-state index is 12.4. The Hall–Kier alpha value is -2.18. The van der Waals surface area contributed by atoms with Crippen molar-refractivity contribution in [3.05, 3.63) is 41.6 Å². The molecule has 0 aliphatic rings. The minimum absolute atomic E-state index is 0.129. The number of hydrogen-bond donors (Lipinski definition) is 1. The first-order valence-electron chi connectivity index (χ1n) is 6.41. The van der Waals surface area contributed by atoms with E-state index >= 15 is 0 Å². The number of rotatable bonds is 4. The molecule has 1 aromatic carbocycles. The monoisotopic (exact) mass is 299 g/mol. The van der Waals surface area contributed by atoms with E-state index in [1.54, 1.807) is 10.9 Å². The SMILES string of the molecule is CC(C)n1ncc(COc2ccc(C(F)(F)F)cc2)c1N. The Balaban J connectivity index is 2.03. The molecule has 1 heterocycles. The van der Waals surface area contributed by atoms with Gasteiger partial charge in [-0.05, 0) is 38.1 Å². The summed E-state index contributed by atoms with van der Waals surface area (Å²) in [5, 5.41) is 4.14. The molecule has 0 spiro atoms. The molecule has 0 unspecified atom stereocenters. The molecule has 4 nitrogen and oxygen atoms in total. The van der Waals surface area contributed by atoms with Crippen LogP contribution in [0.25, 0.3) is 0 Å². The number of nitrogens with two attached hydrogens (primary N) is 1. The number of halogens is 3. The maximum Gasteiger partial charge on any atom is 0.416 e. The van der Waals surface area contributed by atoms with Crippen LogP contribution in [0.4, 0.5) is 19.0 Å². The van der Waals surface area contributed by atoms with Crippen LogP contribution in [0.15, 0.2) is 30.5 Å². The van der Waals surface area contributed by atoms with Gasteiger partial charge in [0.1, 0.15) is 18.2 Å². The van der Waals surface area contributed by atoms with Crippen molar-refractivity contribution in [1.82, 2.24) is 9.78 Å². The first-order chi connectivity index (χ1) is 9.79. The van der Waals surface area contributed by atoms with Crippen molar-refractivity contribution in [3.63, 3.8) is 0 Å². The number of ether oxygens (including phenoxy) is 1. The van der Waals surface area contributed by atoms with E-state index in [4.69, 9.17) is 10.5 Å². The first kappa shape index (κ1) is 15.2. The summed E-state index contributed by atoms with van der Waals surface area (Å²) >= 11 is 0. The average molecular weight is 299 g/mol. The van der Waals surface area contributed by atoms with Gasteiger partial charge in [-0.3, -0.25) is 0 Å². The number of hydrogen-bond acceptors (Lipinski definition) is 3. The van der Waals surface area contributed by atoms with E-state index in [0.717, 1.165) is 12.1 Å². The molecule has 2 N–H and O–H groups in total. The lowest BCUT2D eigenvalue weighted by molar-refractivity contribution is -0.137. The lowest BCUT2D eigenvalue weighted by Crippen LogP contribution is -2.08. The molecule has 0 aliphatic carbocycles. The van der Waals surface area contributed by atoms with Crippen molar-refractivity contribution in [3.8, 4) is 5.75 Å². The molecule has 0 bridgehead atoms. The molecule has 0 saturated heterocycles. The molecule has 0 atom stereocenters. The smallest absolute Gasteiger partial charge is 0.416 e. The van der Waals surface area contributed by atoms with Gasteiger partial charge in [0.15, 0.2) is 0 Å². The van der Waals surface area contributed by atoms with Gasteiger partial charge in [-0.1, -0.05) is 0 Å². The minimum atomic E-state index is -4.35. The van der Waals surface area contributed by atoms with E-state index in [2.05, 4.69) is 5.10 Å². The average Bonchev–Trinajstić information content (AvgIpc) is 2.77. The predicted octanol–water partition coefficient (Wildman–Crippen LogP) is 3.64. The van der Waals surface area contributed by atoms with Gasteiger partial charge < -0.3 is 10.5 Å². The van der Waals surface area contributed by atoms with Gasteiger partial charge in [0.2, 0.25) is 0 Å². The van der Waals surface area contributed by atoms with Crippen LogP contribution in [0.1, 0.15) is 31.0 Å². The Bertz CT molecular complexity index is 603. The first-order valence-corrected chi connectivity index (χ1v) is 6.41. The van der Waals surface area contributed by atoms with Crippen LogP contribution in [0.2, 0.25) is 0 Å². The fourth-order valence-corrected chi connectivity index (χ4v) is 1.83. The Morgan fingerprint density at radius 2 is 1.86 bits per heavy atom. The Labute approximate surface area is 120 Å². The summed E-state index contributed by atoms with van der Waals surface area (Å²) in [6, 6.07) is 4.66. The zero-order chi connectivity index (χ0) is 15.6. The summed E-state index contributed by atoms with van der Waals surface area (Å²) in [4.78, 5) is 0. The molecule has 0 fully saturated rings. The van der Waals surface area contributed by atoms with Crippen LogP contribution in [0.3, 0.4) is 0 Å². The van der Waals surface area contributed by atoms with Gasteiger partial charge >= 0.3 is 6.18 Å². The van der Waals surface area contributed by atoms with Gasteiger partial charge in [0, 0.05) is 6.04 Å². The van der Waals surface area contributed by atoms with E-state index in [0.29, 0.717) is 17.1 Å². The third-order valence-electron chi connectivity index (χ3n) is 2.98. The second kappa shape index (κ2) is 5.67. The summed E-state index contributed by atoms with van der Waals surface area (Å²) in [6.45, 7) is 4.05. The molecule has 7 heteroatoms. The summed E-state index contributed by atoms with van der Waals surface area (Å²) in [6.07, 6.45) is -2.75. The molecule has 114 valence electrons. The molecule has 0 saturated carbocycles. The Morgan fingerprint density at radius 3 is 2.33 bits per heavy atom. The Morgan fingerprint density at radius 1 is 1.24 bits per heavy atom. The summed E-state index contributed by atoms with van der Waals surface area (Å²) in [5.74, 6) is 0.844. The predicted molar refractivity (Wildman–Crippen MR) is 72.8 cm³/mol. The van der Waals surface area contributed by atoms with Crippen molar-refractivity contribution < 1.29 is 17.9 Å². The van der Waals surface area contributed by atoms with E-state index in [9.17, 15) is 13.2 Å². The Kier molecular flexibility index (Phi) is 4.11. The van der Waals surface area contributed by atoms with Gasteiger partial charge in [0.25, 0.3) is 0 Å². The number of benzene rings is 1. The van der Waals surface area contributed by atoms with Crippen LogP contribution in [0, 0.1) is 0 Å². The number of anilines is 1. The quantitative estimate of drug-likeness (QED) is 0.937. The van der Waals surface area contributed by atoms with Crippen molar-refractivity contribution in [2.75, 3.05) is 5.73 Å². The van der Waals surface area contributed by atoms with Crippen molar-refractivity contribution in [1.29, 1.82) is 0 Å². The molecular weight excluding hydrogens is 283 g/mol. The van der Waals surface area contributed by atoms with Crippen LogP contribution in [-0.4, -0.2) is 9.78 Å². The van der Waals surface area contributed by atoms with E-state index in [1.807, 2.05) is 13.8 Å². The number of nitrogens with zero attached hydrogens (tertiary/aromatic N) is 2. The third-order valence-corrected chi connectivity index (χ3v) is 2.98.